The number of hydrogen-bond donors (Lipinski definition) is 0. The van der Waals surface area contributed by atoms with E-state index in [1.165, 1.54) is 24.3 Å². The number of nitro groups is 1. The van der Waals surface area contributed by atoms with Crippen LogP contribution in [0.15, 0.2) is 54.6 Å². The maximum Gasteiger partial charge on any atom is 0.273 e. The van der Waals surface area contributed by atoms with Crippen LogP contribution >= 0.6 is 31.9 Å². The van der Waals surface area contributed by atoms with E-state index < -0.39 is 34.5 Å². The lowest BCUT2D eigenvalue weighted by Crippen LogP contribution is -2.49. The van der Waals surface area contributed by atoms with E-state index in [0.717, 1.165) is 15.6 Å². The van der Waals surface area contributed by atoms with Gasteiger partial charge in [0, 0.05) is 27.4 Å². The summed E-state index contributed by atoms with van der Waals surface area (Å²) >= 11 is 7.14. The first kappa shape index (κ1) is 22.6. The molecule has 0 radical (unpaired) electrons. The van der Waals surface area contributed by atoms with E-state index >= 15 is 0 Å². The highest BCUT2D eigenvalue weighted by Gasteiger charge is 2.54. The first-order valence-electron chi connectivity index (χ1n) is 10.0. The van der Waals surface area contributed by atoms with Gasteiger partial charge in [0.2, 0.25) is 0 Å². The summed E-state index contributed by atoms with van der Waals surface area (Å²) in [6.45, 7) is 0.0169. The first-order valence-corrected chi connectivity index (χ1v) is 11.9. The molecule has 10 heteroatoms. The van der Waals surface area contributed by atoms with Gasteiger partial charge in [0.1, 0.15) is 0 Å². The number of benzene rings is 2. The van der Waals surface area contributed by atoms with E-state index in [1.807, 2.05) is 18.2 Å². The number of alkyl halides is 2. The van der Waals surface area contributed by atoms with Gasteiger partial charge in [-0.15, -0.1) is 0 Å². The molecule has 166 valence electrons. The third-order valence-corrected chi connectivity index (χ3v) is 8.60. The molecule has 0 bridgehead atoms. The Morgan fingerprint density at radius 3 is 2.00 bits per heavy atom. The third kappa shape index (κ3) is 4.21. The van der Waals surface area contributed by atoms with Crippen molar-refractivity contribution in [1.82, 2.24) is 10.0 Å². The molecular weight excluding hydrogens is 546 g/mol. The molecule has 4 atom stereocenters. The number of fused-ring (bicyclic) bond motifs is 1. The zero-order chi connectivity index (χ0) is 23.0. The van der Waals surface area contributed by atoms with Crippen LogP contribution in [-0.4, -0.2) is 42.3 Å². The summed E-state index contributed by atoms with van der Waals surface area (Å²) in [5, 5.41) is 13.1. The van der Waals surface area contributed by atoms with E-state index in [9.17, 15) is 24.5 Å². The predicted octanol–water partition coefficient (Wildman–Crippen LogP) is 4.07. The number of rotatable bonds is 5. The topological polar surface area (TPSA) is 101 Å². The van der Waals surface area contributed by atoms with Crippen LogP contribution in [0, 0.1) is 22.0 Å². The summed E-state index contributed by atoms with van der Waals surface area (Å²) in [6, 6.07) is 14.2. The fourth-order valence-corrected chi connectivity index (χ4v) is 5.42. The number of amides is 3. The number of nitrogens with zero attached hydrogens (tertiary/aromatic N) is 3. The van der Waals surface area contributed by atoms with E-state index in [2.05, 4.69) is 31.9 Å². The zero-order valence-electron chi connectivity index (χ0n) is 16.8. The van der Waals surface area contributed by atoms with Crippen molar-refractivity contribution in [1.29, 1.82) is 0 Å². The quantitative estimate of drug-likeness (QED) is 0.236. The van der Waals surface area contributed by atoms with Crippen LogP contribution in [0.2, 0.25) is 0 Å². The monoisotopic (exact) mass is 563 g/mol. The molecule has 1 heterocycles. The number of hydrazine groups is 1. The third-order valence-electron chi connectivity index (χ3n) is 5.86. The van der Waals surface area contributed by atoms with Crippen LogP contribution in [0.25, 0.3) is 0 Å². The van der Waals surface area contributed by atoms with Crippen molar-refractivity contribution in [3.05, 3.63) is 75.8 Å². The van der Waals surface area contributed by atoms with Gasteiger partial charge in [-0.25, -0.2) is 5.01 Å². The molecule has 3 amide bonds. The van der Waals surface area contributed by atoms with Gasteiger partial charge < -0.3 is 0 Å². The lowest BCUT2D eigenvalue weighted by Gasteiger charge is -2.30. The molecule has 0 spiro atoms. The molecule has 2 fully saturated rings. The standard InChI is InChI=1S/C22H19Br2N3O5/c23-18-10-16-17(11-19(18)24)22(30)26(21(16)29)25(12-13-4-2-1-3-5-13)20(28)14-6-8-15(9-7-14)27(31)32/h1-9,16-19H,10-12H2/t16-,17-,18+,19+/m1/s1. The Bertz CT molecular complexity index is 1030. The van der Waals surface area contributed by atoms with Gasteiger partial charge in [-0.3, -0.25) is 24.5 Å². The second-order valence-corrected chi connectivity index (χ2v) is 10.2. The Kier molecular flexibility index (Phi) is 6.43. The van der Waals surface area contributed by atoms with Gasteiger partial charge in [-0.2, -0.15) is 5.01 Å². The maximum absolute atomic E-state index is 13.4. The Morgan fingerprint density at radius 2 is 1.50 bits per heavy atom. The molecule has 2 aliphatic rings. The number of carbonyl (C=O) groups is 3. The fraction of sp³-hybridized carbons (Fsp3) is 0.318. The summed E-state index contributed by atoms with van der Waals surface area (Å²) in [5.74, 6) is -2.35. The summed E-state index contributed by atoms with van der Waals surface area (Å²) in [4.78, 5) is 50.5. The number of halogens is 2. The highest BCUT2D eigenvalue weighted by atomic mass is 79.9. The zero-order valence-corrected chi connectivity index (χ0v) is 19.9. The molecular formula is C22H19Br2N3O5. The van der Waals surface area contributed by atoms with Crippen LogP contribution in [0.4, 0.5) is 5.69 Å². The Balaban J connectivity index is 1.69. The second-order valence-electron chi connectivity index (χ2n) is 7.86. The van der Waals surface area contributed by atoms with Crippen molar-refractivity contribution in [2.75, 3.05) is 0 Å². The Hall–Kier alpha value is -2.59. The molecule has 1 aliphatic carbocycles. The molecule has 2 aromatic carbocycles. The molecule has 0 aromatic heterocycles. The molecule has 8 nitrogen and oxygen atoms in total. The lowest BCUT2D eigenvalue weighted by molar-refractivity contribution is -0.384. The minimum atomic E-state index is -0.574. The molecule has 1 saturated carbocycles. The minimum Gasteiger partial charge on any atom is -0.272 e. The van der Waals surface area contributed by atoms with Crippen molar-refractivity contribution in [2.45, 2.75) is 29.0 Å². The van der Waals surface area contributed by atoms with Gasteiger partial charge in [-0.1, -0.05) is 62.2 Å². The second kappa shape index (κ2) is 9.11. The number of imide groups is 1. The first-order chi connectivity index (χ1) is 15.3. The highest BCUT2D eigenvalue weighted by Crippen LogP contribution is 2.43. The average molecular weight is 565 g/mol. The number of carbonyl (C=O) groups excluding carboxylic acids is 3. The molecule has 4 rings (SSSR count). The Morgan fingerprint density at radius 1 is 0.969 bits per heavy atom. The molecule has 32 heavy (non-hydrogen) atoms. The average Bonchev–Trinajstić information content (AvgIpc) is 3.02. The smallest absolute Gasteiger partial charge is 0.272 e. The van der Waals surface area contributed by atoms with Gasteiger partial charge in [0.05, 0.1) is 23.3 Å². The largest absolute Gasteiger partial charge is 0.273 e. The normalized spacial score (nSPS) is 24.9. The van der Waals surface area contributed by atoms with Crippen LogP contribution in [0.5, 0.6) is 0 Å². The van der Waals surface area contributed by atoms with Gasteiger partial charge in [-0.05, 0) is 30.5 Å². The minimum absolute atomic E-state index is 0.0169. The van der Waals surface area contributed by atoms with Crippen LogP contribution in [-0.2, 0) is 16.1 Å². The molecule has 0 N–H and O–H groups in total. The highest BCUT2D eigenvalue weighted by molar-refractivity contribution is 9.12. The van der Waals surface area contributed by atoms with Crippen LogP contribution in [0.1, 0.15) is 28.8 Å². The number of nitro benzene ring substituents is 1. The summed E-state index contributed by atoms with van der Waals surface area (Å²) in [7, 11) is 0. The number of non-ortho nitro benzene ring substituents is 1. The van der Waals surface area contributed by atoms with Crippen molar-refractivity contribution < 1.29 is 19.3 Å². The molecule has 1 saturated heterocycles. The van der Waals surface area contributed by atoms with Crippen molar-refractivity contribution in [3.8, 4) is 0 Å². The molecule has 1 aliphatic heterocycles. The van der Waals surface area contributed by atoms with E-state index in [0.29, 0.717) is 12.8 Å². The van der Waals surface area contributed by atoms with E-state index in [4.69, 9.17) is 0 Å². The van der Waals surface area contributed by atoms with Gasteiger partial charge in [0.15, 0.2) is 0 Å². The SMILES string of the molecule is O=C(c1ccc([N+](=O)[O-])cc1)N(Cc1ccccc1)N1C(=O)[C@@H]2C[C@H](Br)[C@@H](Br)C[C@H]2C1=O. The molecule has 2 aromatic rings. The summed E-state index contributed by atoms with van der Waals surface area (Å²) in [5.41, 5.74) is 0.746. The van der Waals surface area contributed by atoms with Crippen LogP contribution < -0.4 is 0 Å². The van der Waals surface area contributed by atoms with Crippen molar-refractivity contribution in [2.24, 2.45) is 11.8 Å². The predicted molar refractivity (Wildman–Crippen MR) is 123 cm³/mol. The number of hydrogen-bond acceptors (Lipinski definition) is 5. The van der Waals surface area contributed by atoms with Gasteiger partial charge in [0.25, 0.3) is 23.4 Å². The summed E-state index contributed by atoms with van der Waals surface area (Å²) in [6.07, 6.45) is 0.985. The molecule has 0 unspecified atom stereocenters. The van der Waals surface area contributed by atoms with E-state index in [-0.39, 0.29) is 27.4 Å². The fourth-order valence-electron chi connectivity index (χ4n) is 4.18. The van der Waals surface area contributed by atoms with Crippen LogP contribution in [0.3, 0.4) is 0 Å². The van der Waals surface area contributed by atoms with Crippen molar-refractivity contribution in [3.63, 3.8) is 0 Å². The van der Waals surface area contributed by atoms with Crippen molar-refractivity contribution >= 4 is 55.3 Å². The summed E-state index contributed by atoms with van der Waals surface area (Å²) < 4.78 is 0. The maximum atomic E-state index is 13.4. The van der Waals surface area contributed by atoms with Gasteiger partial charge >= 0.3 is 0 Å². The van der Waals surface area contributed by atoms with E-state index in [1.54, 1.807) is 12.1 Å². The Labute approximate surface area is 200 Å². The lowest BCUT2D eigenvalue weighted by atomic mass is 9.81.